The maximum Gasteiger partial charge on any atom is 0.322 e. The summed E-state index contributed by atoms with van der Waals surface area (Å²) in [6.07, 6.45) is 0. The molecule has 3 rings (SSSR count). The number of carbonyl (C=O) groups excluding carboxylic acids is 3. The standard InChI is InChI=1S/C22H29ClN4O3/c1-12(2)10-24-20(28)19(13(3)4)27-11-16-17(21(27)29)18(25-22(30)26(16)5)14-8-6-7-9-15(14)23/h6-9,12-13,18-19H,10-11H2,1-5H3,(H,24,28)(H,25,30)/t18-,19-/m0/s1. The molecule has 2 atom stereocenters. The zero-order valence-corrected chi connectivity index (χ0v) is 18.8. The number of carbonyl (C=O) groups is 3. The zero-order chi connectivity index (χ0) is 22.2. The van der Waals surface area contributed by atoms with Crippen LogP contribution >= 0.6 is 11.6 Å². The van der Waals surface area contributed by atoms with Gasteiger partial charge in [-0.2, -0.15) is 0 Å². The average molecular weight is 433 g/mol. The van der Waals surface area contributed by atoms with Crippen LogP contribution in [-0.4, -0.2) is 53.8 Å². The molecule has 0 aliphatic carbocycles. The fraction of sp³-hybridized carbons (Fsp3) is 0.500. The lowest BCUT2D eigenvalue weighted by Crippen LogP contribution is -2.52. The van der Waals surface area contributed by atoms with E-state index in [-0.39, 0.29) is 30.3 Å². The van der Waals surface area contributed by atoms with Crippen molar-refractivity contribution in [3.05, 3.63) is 46.1 Å². The smallest absolute Gasteiger partial charge is 0.322 e. The Balaban J connectivity index is 1.97. The van der Waals surface area contributed by atoms with E-state index in [1.165, 1.54) is 4.90 Å². The number of likely N-dealkylation sites (N-methyl/N-ethyl adjacent to an activating group) is 1. The van der Waals surface area contributed by atoms with Crippen LogP contribution in [0.15, 0.2) is 35.5 Å². The van der Waals surface area contributed by atoms with Crippen LogP contribution in [-0.2, 0) is 9.59 Å². The maximum atomic E-state index is 13.5. The lowest BCUT2D eigenvalue weighted by atomic mass is 9.95. The third-order valence-corrected chi connectivity index (χ3v) is 5.87. The Bertz CT molecular complexity index is 896. The molecule has 8 heteroatoms. The first-order chi connectivity index (χ1) is 14.1. The van der Waals surface area contributed by atoms with E-state index in [1.54, 1.807) is 30.1 Å². The number of hydrogen-bond donors (Lipinski definition) is 2. The van der Waals surface area contributed by atoms with E-state index in [1.807, 2.05) is 33.8 Å². The molecule has 1 aromatic rings. The number of nitrogens with one attached hydrogen (secondary N) is 2. The minimum Gasteiger partial charge on any atom is -0.354 e. The van der Waals surface area contributed by atoms with E-state index in [4.69, 9.17) is 11.6 Å². The maximum absolute atomic E-state index is 13.5. The molecule has 0 saturated heterocycles. The molecule has 0 unspecified atom stereocenters. The summed E-state index contributed by atoms with van der Waals surface area (Å²) in [5, 5.41) is 6.30. The fourth-order valence-electron chi connectivity index (χ4n) is 3.97. The monoisotopic (exact) mass is 432 g/mol. The minimum atomic E-state index is -0.651. The number of benzene rings is 1. The van der Waals surface area contributed by atoms with Gasteiger partial charge in [-0.15, -0.1) is 0 Å². The van der Waals surface area contributed by atoms with Crippen LogP contribution in [0.5, 0.6) is 0 Å². The van der Waals surface area contributed by atoms with E-state index in [2.05, 4.69) is 10.6 Å². The molecule has 162 valence electrons. The van der Waals surface area contributed by atoms with Gasteiger partial charge in [0.1, 0.15) is 6.04 Å². The quantitative estimate of drug-likeness (QED) is 0.725. The summed E-state index contributed by atoms with van der Waals surface area (Å²) >= 11 is 6.37. The van der Waals surface area contributed by atoms with Crippen molar-refractivity contribution < 1.29 is 14.4 Å². The topological polar surface area (TPSA) is 81.8 Å². The Hall–Kier alpha value is -2.54. The number of rotatable bonds is 6. The molecule has 2 N–H and O–H groups in total. The molecule has 0 bridgehead atoms. The van der Waals surface area contributed by atoms with Gasteiger partial charge >= 0.3 is 6.03 Å². The lowest BCUT2D eigenvalue weighted by Gasteiger charge is -2.31. The van der Waals surface area contributed by atoms with E-state index >= 15 is 0 Å². The van der Waals surface area contributed by atoms with Gasteiger partial charge in [0, 0.05) is 18.6 Å². The van der Waals surface area contributed by atoms with Gasteiger partial charge in [0.15, 0.2) is 0 Å². The van der Waals surface area contributed by atoms with Crippen molar-refractivity contribution in [3.63, 3.8) is 0 Å². The van der Waals surface area contributed by atoms with Crippen LogP contribution in [0.1, 0.15) is 39.3 Å². The van der Waals surface area contributed by atoms with Crippen molar-refractivity contribution in [2.45, 2.75) is 39.8 Å². The van der Waals surface area contributed by atoms with E-state index < -0.39 is 12.1 Å². The van der Waals surface area contributed by atoms with Crippen molar-refractivity contribution in [2.75, 3.05) is 20.1 Å². The van der Waals surface area contributed by atoms with Gasteiger partial charge < -0.3 is 15.5 Å². The van der Waals surface area contributed by atoms with E-state index in [9.17, 15) is 14.4 Å². The molecule has 0 spiro atoms. The molecule has 2 aliphatic heterocycles. The number of amides is 4. The Labute approximate surface area is 182 Å². The van der Waals surface area contributed by atoms with Gasteiger partial charge in [-0.3, -0.25) is 14.5 Å². The molecular formula is C22H29ClN4O3. The minimum absolute atomic E-state index is 0.0878. The van der Waals surface area contributed by atoms with Gasteiger partial charge in [-0.1, -0.05) is 57.5 Å². The number of halogens is 1. The average Bonchev–Trinajstić information content (AvgIpc) is 3.01. The second kappa shape index (κ2) is 8.68. The molecule has 2 heterocycles. The molecule has 2 aliphatic rings. The summed E-state index contributed by atoms with van der Waals surface area (Å²) in [5.41, 5.74) is 1.73. The Morgan fingerprint density at radius 2 is 1.90 bits per heavy atom. The Kier molecular flexibility index (Phi) is 6.41. The summed E-state index contributed by atoms with van der Waals surface area (Å²) in [5.74, 6) is -0.210. The highest BCUT2D eigenvalue weighted by Gasteiger charge is 2.47. The van der Waals surface area contributed by atoms with Gasteiger partial charge in [-0.25, -0.2) is 4.79 Å². The summed E-state index contributed by atoms with van der Waals surface area (Å²) in [6.45, 7) is 8.63. The molecule has 0 aromatic heterocycles. The zero-order valence-electron chi connectivity index (χ0n) is 18.0. The molecule has 1 aromatic carbocycles. The first-order valence-electron chi connectivity index (χ1n) is 10.2. The summed E-state index contributed by atoms with van der Waals surface area (Å²) in [4.78, 5) is 42.1. The summed E-state index contributed by atoms with van der Waals surface area (Å²) in [6, 6.07) is 5.56. The van der Waals surface area contributed by atoms with Crippen molar-refractivity contribution in [2.24, 2.45) is 11.8 Å². The van der Waals surface area contributed by atoms with Crippen LogP contribution in [0.3, 0.4) is 0 Å². The normalized spacial score (nSPS) is 20.1. The molecule has 0 fully saturated rings. The number of hydrogen-bond acceptors (Lipinski definition) is 3. The first kappa shape index (κ1) is 22.2. The van der Waals surface area contributed by atoms with Gasteiger partial charge in [0.25, 0.3) is 5.91 Å². The van der Waals surface area contributed by atoms with Crippen molar-refractivity contribution in [1.82, 2.24) is 20.4 Å². The second-order valence-electron chi connectivity index (χ2n) is 8.58. The molecular weight excluding hydrogens is 404 g/mol. The molecule has 30 heavy (non-hydrogen) atoms. The highest BCUT2D eigenvalue weighted by Crippen LogP contribution is 2.39. The van der Waals surface area contributed by atoms with Crippen molar-refractivity contribution >= 4 is 29.4 Å². The van der Waals surface area contributed by atoms with Crippen molar-refractivity contribution in [1.29, 1.82) is 0 Å². The van der Waals surface area contributed by atoms with E-state index in [0.717, 1.165) is 0 Å². The van der Waals surface area contributed by atoms with Crippen LogP contribution in [0.25, 0.3) is 0 Å². The van der Waals surface area contributed by atoms with Crippen LogP contribution in [0.4, 0.5) is 4.79 Å². The molecule has 7 nitrogen and oxygen atoms in total. The van der Waals surface area contributed by atoms with Crippen LogP contribution < -0.4 is 10.6 Å². The third-order valence-electron chi connectivity index (χ3n) is 5.52. The predicted molar refractivity (Wildman–Crippen MR) is 116 cm³/mol. The first-order valence-corrected chi connectivity index (χ1v) is 10.6. The number of urea groups is 1. The van der Waals surface area contributed by atoms with Crippen LogP contribution in [0, 0.1) is 11.8 Å². The molecule has 0 radical (unpaired) electrons. The highest BCUT2D eigenvalue weighted by atomic mass is 35.5. The number of nitrogens with zero attached hydrogens (tertiary/aromatic N) is 2. The molecule has 0 saturated carbocycles. The van der Waals surface area contributed by atoms with E-state index in [0.29, 0.717) is 34.3 Å². The van der Waals surface area contributed by atoms with Crippen LogP contribution in [0.2, 0.25) is 5.02 Å². The highest BCUT2D eigenvalue weighted by molar-refractivity contribution is 6.31. The lowest BCUT2D eigenvalue weighted by molar-refractivity contribution is -0.138. The van der Waals surface area contributed by atoms with Gasteiger partial charge in [-0.05, 0) is 23.5 Å². The van der Waals surface area contributed by atoms with Crippen molar-refractivity contribution in [3.8, 4) is 0 Å². The predicted octanol–water partition coefficient (Wildman–Crippen LogP) is 2.93. The Morgan fingerprint density at radius 3 is 2.50 bits per heavy atom. The second-order valence-corrected chi connectivity index (χ2v) is 8.99. The summed E-state index contributed by atoms with van der Waals surface area (Å²) in [7, 11) is 1.63. The fourth-order valence-corrected chi connectivity index (χ4v) is 4.21. The SMILES string of the molecule is CC(C)CNC(=O)[C@H](C(C)C)N1CC2=C(C1=O)[C@H](c1ccccc1Cl)NC(=O)N2C. The third kappa shape index (κ3) is 4.03. The summed E-state index contributed by atoms with van der Waals surface area (Å²) < 4.78 is 0. The van der Waals surface area contributed by atoms with Gasteiger partial charge in [0.05, 0.1) is 23.9 Å². The molecule has 4 amide bonds. The van der Waals surface area contributed by atoms with Gasteiger partial charge in [0.2, 0.25) is 5.91 Å². The largest absolute Gasteiger partial charge is 0.354 e. The Morgan fingerprint density at radius 1 is 1.23 bits per heavy atom.